The summed E-state index contributed by atoms with van der Waals surface area (Å²) in [6.07, 6.45) is 2.83. The predicted octanol–water partition coefficient (Wildman–Crippen LogP) is 5.22. The summed E-state index contributed by atoms with van der Waals surface area (Å²) in [5.41, 5.74) is 4.11. The molecule has 4 heteroatoms. The maximum absolute atomic E-state index is 13.5. The topological polar surface area (TPSA) is 51.5 Å². The van der Waals surface area contributed by atoms with Crippen LogP contribution in [-0.2, 0) is 6.42 Å². The molecule has 0 aliphatic heterocycles. The molecule has 0 aliphatic rings. The first-order chi connectivity index (χ1) is 13.6. The third-order valence-electron chi connectivity index (χ3n) is 4.97. The van der Waals surface area contributed by atoms with Gasteiger partial charge in [-0.2, -0.15) is 0 Å². The summed E-state index contributed by atoms with van der Waals surface area (Å²) in [7, 11) is 1.90. The molecular weight excluding hydrogens is 350 g/mol. The molecular formula is C24H29NO3. The molecule has 1 N–H and O–H groups in total. The standard InChI is InChI=1S/C24H29NO3/c1-5-6-10-21-22(19-9-7-8-11-20(19)28-21)23(26)18-14-16(2)24(17(3)15-18)27-13-12-25-4/h7-9,11,14-15,25H,5-6,10,12-13H2,1-4H3. The van der Waals surface area contributed by atoms with Crippen LogP contribution < -0.4 is 10.1 Å². The normalized spacial score (nSPS) is 11.1. The average molecular weight is 380 g/mol. The van der Waals surface area contributed by atoms with Crippen LogP contribution in [0.2, 0.25) is 0 Å². The number of likely N-dealkylation sites (N-methyl/N-ethyl adjacent to an activating group) is 1. The third kappa shape index (κ3) is 4.12. The number of unbranched alkanes of at least 4 members (excludes halogenated alkanes) is 1. The summed E-state index contributed by atoms with van der Waals surface area (Å²) in [5, 5.41) is 3.97. The van der Waals surface area contributed by atoms with Gasteiger partial charge in [-0.1, -0.05) is 31.5 Å². The largest absolute Gasteiger partial charge is 0.492 e. The summed E-state index contributed by atoms with van der Waals surface area (Å²) in [4.78, 5) is 13.5. The van der Waals surface area contributed by atoms with Crippen LogP contribution in [0.5, 0.6) is 5.75 Å². The van der Waals surface area contributed by atoms with Crippen molar-refractivity contribution in [2.45, 2.75) is 40.0 Å². The zero-order valence-corrected chi connectivity index (χ0v) is 17.2. The predicted molar refractivity (Wildman–Crippen MR) is 114 cm³/mol. The number of ether oxygens (including phenoxy) is 1. The second-order valence-electron chi connectivity index (χ2n) is 7.22. The Morgan fingerprint density at radius 1 is 1.14 bits per heavy atom. The Morgan fingerprint density at radius 2 is 1.86 bits per heavy atom. The lowest BCUT2D eigenvalue weighted by Crippen LogP contribution is -2.17. The smallest absolute Gasteiger partial charge is 0.197 e. The summed E-state index contributed by atoms with van der Waals surface area (Å²) in [6, 6.07) is 11.6. The first kappa shape index (κ1) is 20.2. The number of benzene rings is 2. The molecule has 148 valence electrons. The number of nitrogens with one attached hydrogen (secondary N) is 1. The molecule has 4 nitrogen and oxygen atoms in total. The van der Waals surface area contributed by atoms with Crippen molar-refractivity contribution < 1.29 is 13.9 Å². The van der Waals surface area contributed by atoms with Gasteiger partial charge in [0.15, 0.2) is 5.78 Å². The van der Waals surface area contributed by atoms with E-state index in [0.29, 0.717) is 17.7 Å². The van der Waals surface area contributed by atoms with Gasteiger partial charge >= 0.3 is 0 Å². The van der Waals surface area contributed by atoms with Gasteiger partial charge in [0.25, 0.3) is 0 Å². The van der Waals surface area contributed by atoms with Crippen LogP contribution in [0.25, 0.3) is 11.0 Å². The molecule has 3 aromatic rings. The zero-order chi connectivity index (χ0) is 20.1. The fourth-order valence-electron chi connectivity index (χ4n) is 3.57. The second-order valence-corrected chi connectivity index (χ2v) is 7.22. The number of ketones is 1. The maximum atomic E-state index is 13.5. The number of fused-ring (bicyclic) bond motifs is 1. The van der Waals surface area contributed by atoms with Crippen molar-refractivity contribution in [1.29, 1.82) is 0 Å². The molecule has 1 heterocycles. The number of carbonyl (C=O) groups excluding carboxylic acids is 1. The summed E-state index contributed by atoms with van der Waals surface area (Å²) < 4.78 is 11.9. The Morgan fingerprint density at radius 3 is 2.54 bits per heavy atom. The van der Waals surface area contributed by atoms with Gasteiger partial charge in [0.1, 0.15) is 23.7 Å². The van der Waals surface area contributed by atoms with E-state index in [0.717, 1.165) is 59.4 Å². The monoisotopic (exact) mass is 379 g/mol. The molecule has 0 radical (unpaired) electrons. The van der Waals surface area contributed by atoms with E-state index in [9.17, 15) is 4.79 Å². The van der Waals surface area contributed by atoms with Crippen LogP contribution in [0.15, 0.2) is 40.8 Å². The summed E-state index contributed by atoms with van der Waals surface area (Å²) in [6.45, 7) is 7.50. The molecule has 28 heavy (non-hydrogen) atoms. The highest BCUT2D eigenvalue weighted by molar-refractivity contribution is 6.17. The van der Waals surface area contributed by atoms with Crippen molar-refractivity contribution >= 4 is 16.8 Å². The molecule has 3 rings (SSSR count). The van der Waals surface area contributed by atoms with E-state index < -0.39 is 0 Å². The maximum Gasteiger partial charge on any atom is 0.197 e. The SMILES string of the molecule is CCCCc1oc2ccccc2c1C(=O)c1cc(C)c(OCCNC)c(C)c1. The van der Waals surface area contributed by atoms with Gasteiger partial charge in [-0.15, -0.1) is 0 Å². The molecule has 1 aromatic heterocycles. The molecule has 0 saturated carbocycles. The average Bonchev–Trinajstić information content (AvgIpc) is 3.06. The van der Waals surface area contributed by atoms with E-state index >= 15 is 0 Å². The minimum atomic E-state index is 0.0176. The highest BCUT2D eigenvalue weighted by Gasteiger charge is 2.22. The zero-order valence-electron chi connectivity index (χ0n) is 17.2. The van der Waals surface area contributed by atoms with Gasteiger partial charge in [0.2, 0.25) is 0 Å². The van der Waals surface area contributed by atoms with E-state index in [4.69, 9.17) is 9.15 Å². The number of aryl methyl sites for hydroxylation is 3. The lowest BCUT2D eigenvalue weighted by Gasteiger charge is -2.14. The van der Waals surface area contributed by atoms with Crippen molar-refractivity contribution in [3.8, 4) is 5.75 Å². The Kier molecular flexibility index (Phi) is 6.53. The van der Waals surface area contributed by atoms with E-state index in [1.165, 1.54) is 0 Å². The molecule has 2 aromatic carbocycles. The van der Waals surface area contributed by atoms with Crippen LogP contribution in [0.3, 0.4) is 0 Å². The molecule has 0 aliphatic carbocycles. The van der Waals surface area contributed by atoms with Gasteiger partial charge < -0.3 is 14.5 Å². The van der Waals surface area contributed by atoms with E-state index in [1.807, 2.05) is 57.3 Å². The van der Waals surface area contributed by atoms with Crippen LogP contribution in [0.4, 0.5) is 0 Å². The highest BCUT2D eigenvalue weighted by atomic mass is 16.5. The van der Waals surface area contributed by atoms with E-state index in [-0.39, 0.29) is 5.78 Å². The van der Waals surface area contributed by atoms with E-state index in [1.54, 1.807) is 0 Å². The lowest BCUT2D eigenvalue weighted by molar-refractivity contribution is 0.103. The summed E-state index contributed by atoms with van der Waals surface area (Å²) in [5.74, 6) is 1.66. The van der Waals surface area contributed by atoms with Crippen molar-refractivity contribution in [3.05, 3.63) is 64.4 Å². The molecule has 0 spiro atoms. The fraction of sp³-hybridized carbons (Fsp3) is 0.375. The highest BCUT2D eigenvalue weighted by Crippen LogP contribution is 2.31. The van der Waals surface area contributed by atoms with Crippen LogP contribution in [0.1, 0.15) is 52.6 Å². The van der Waals surface area contributed by atoms with Crippen LogP contribution >= 0.6 is 0 Å². The van der Waals surface area contributed by atoms with Crippen molar-refractivity contribution in [2.24, 2.45) is 0 Å². The minimum absolute atomic E-state index is 0.0176. The van der Waals surface area contributed by atoms with Gasteiger partial charge in [-0.3, -0.25) is 4.79 Å². The molecule has 0 fully saturated rings. The molecule has 0 saturated heterocycles. The molecule has 0 amide bonds. The van der Waals surface area contributed by atoms with Gasteiger partial charge in [-0.25, -0.2) is 0 Å². The first-order valence-electron chi connectivity index (χ1n) is 10.0. The van der Waals surface area contributed by atoms with Crippen molar-refractivity contribution in [1.82, 2.24) is 5.32 Å². The third-order valence-corrected chi connectivity index (χ3v) is 4.97. The van der Waals surface area contributed by atoms with Crippen molar-refractivity contribution in [2.75, 3.05) is 20.2 Å². The number of para-hydroxylation sites is 1. The van der Waals surface area contributed by atoms with Gasteiger partial charge in [0.05, 0.1) is 5.56 Å². The second kappa shape index (κ2) is 9.07. The Labute approximate surface area is 166 Å². The van der Waals surface area contributed by atoms with E-state index in [2.05, 4.69) is 12.2 Å². The Hall–Kier alpha value is -2.59. The molecule has 0 bridgehead atoms. The quantitative estimate of drug-likeness (QED) is 0.409. The number of rotatable bonds is 9. The summed E-state index contributed by atoms with van der Waals surface area (Å²) >= 11 is 0. The van der Waals surface area contributed by atoms with Crippen LogP contribution in [-0.4, -0.2) is 26.0 Å². The Bertz CT molecular complexity index is 948. The van der Waals surface area contributed by atoms with Crippen LogP contribution in [0, 0.1) is 13.8 Å². The van der Waals surface area contributed by atoms with Gasteiger partial charge in [0, 0.05) is 23.9 Å². The van der Waals surface area contributed by atoms with Crippen molar-refractivity contribution in [3.63, 3.8) is 0 Å². The molecule has 0 unspecified atom stereocenters. The molecule has 0 atom stereocenters. The minimum Gasteiger partial charge on any atom is -0.492 e. The Balaban J connectivity index is 2.00. The first-order valence-corrected chi connectivity index (χ1v) is 10.0. The fourth-order valence-corrected chi connectivity index (χ4v) is 3.57. The number of hydrogen-bond donors (Lipinski definition) is 1. The lowest BCUT2D eigenvalue weighted by atomic mass is 9.95. The number of furan rings is 1. The van der Waals surface area contributed by atoms with Gasteiger partial charge in [-0.05, 0) is 56.6 Å². The number of carbonyl (C=O) groups is 1. The number of hydrogen-bond acceptors (Lipinski definition) is 4.